The van der Waals surface area contributed by atoms with Gasteiger partial charge in [0, 0.05) is 33.1 Å². The van der Waals surface area contributed by atoms with Crippen molar-refractivity contribution >= 4 is 11.8 Å². The molecule has 6 nitrogen and oxygen atoms in total. The van der Waals surface area contributed by atoms with E-state index in [1.807, 2.05) is 13.8 Å². The van der Waals surface area contributed by atoms with E-state index in [0.717, 1.165) is 19.6 Å². The van der Waals surface area contributed by atoms with Crippen molar-refractivity contribution < 1.29 is 14.3 Å². The first-order valence-electron chi connectivity index (χ1n) is 8.18. The van der Waals surface area contributed by atoms with Gasteiger partial charge in [-0.15, -0.1) is 0 Å². The summed E-state index contributed by atoms with van der Waals surface area (Å²) in [6.07, 6.45) is 0.0154. The van der Waals surface area contributed by atoms with Crippen LogP contribution in [0.25, 0.3) is 0 Å². The molecule has 1 heterocycles. The second-order valence-corrected chi connectivity index (χ2v) is 6.81. The second kappa shape index (κ2) is 9.10. The maximum Gasteiger partial charge on any atom is 0.242 e. The third-order valence-electron chi connectivity index (χ3n) is 3.66. The number of carbonyl (C=O) groups excluding carboxylic acids is 2. The van der Waals surface area contributed by atoms with Crippen molar-refractivity contribution in [2.75, 3.05) is 32.8 Å². The van der Waals surface area contributed by atoms with Gasteiger partial charge in [-0.3, -0.25) is 14.5 Å². The maximum absolute atomic E-state index is 12.2. The second-order valence-electron chi connectivity index (χ2n) is 6.81. The Morgan fingerprint density at radius 1 is 1.27 bits per heavy atom. The quantitative estimate of drug-likeness (QED) is 0.723. The molecule has 0 aromatic carbocycles. The van der Waals surface area contributed by atoms with Crippen LogP contribution in [-0.2, 0) is 14.3 Å². The Kier molecular flexibility index (Phi) is 7.82. The van der Waals surface area contributed by atoms with E-state index in [-0.39, 0.29) is 23.8 Å². The minimum absolute atomic E-state index is 0.0154. The number of amides is 2. The highest BCUT2D eigenvalue weighted by Gasteiger charge is 2.25. The molecule has 0 aromatic heterocycles. The smallest absolute Gasteiger partial charge is 0.242 e. The number of carbonyl (C=O) groups is 2. The SMILES string of the molecule is CC(=O)N[C@@H](C(=O)NC[C@@H]1CN(CC(C)C)CCO1)C(C)C. The Bertz CT molecular complexity index is 372. The Morgan fingerprint density at radius 2 is 1.95 bits per heavy atom. The predicted octanol–water partition coefficient (Wildman–Crippen LogP) is 0.620. The molecule has 0 radical (unpaired) electrons. The van der Waals surface area contributed by atoms with Crippen LogP contribution in [0.4, 0.5) is 0 Å². The van der Waals surface area contributed by atoms with Gasteiger partial charge < -0.3 is 15.4 Å². The molecule has 2 atom stereocenters. The molecule has 0 spiro atoms. The average molecular weight is 313 g/mol. The minimum atomic E-state index is -0.493. The van der Waals surface area contributed by atoms with Crippen molar-refractivity contribution in [1.82, 2.24) is 15.5 Å². The summed E-state index contributed by atoms with van der Waals surface area (Å²) in [5.74, 6) is 0.340. The molecule has 1 rings (SSSR count). The third kappa shape index (κ3) is 6.75. The van der Waals surface area contributed by atoms with Crippen molar-refractivity contribution in [2.45, 2.75) is 46.8 Å². The molecule has 2 amide bonds. The zero-order valence-corrected chi connectivity index (χ0v) is 14.5. The number of nitrogens with one attached hydrogen (secondary N) is 2. The molecule has 0 saturated carbocycles. The van der Waals surface area contributed by atoms with Gasteiger partial charge in [-0.05, 0) is 11.8 Å². The standard InChI is InChI=1S/C16H31N3O3/c1-11(2)9-19-6-7-22-14(10-19)8-17-16(21)15(12(3)4)18-13(5)20/h11-12,14-15H,6-10H2,1-5H3,(H,17,21)(H,18,20)/t14-,15-/m1/s1. The molecular weight excluding hydrogens is 282 g/mol. The third-order valence-corrected chi connectivity index (χ3v) is 3.66. The summed E-state index contributed by atoms with van der Waals surface area (Å²) in [5, 5.41) is 5.61. The molecule has 1 saturated heterocycles. The molecule has 128 valence electrons. The van der Waals surface area contributed by atoms with Crippen molar-refractivity contribution in [1.29, 1.82) is 0 Å². The van der Waals surface area contributed by atoms with Crippen LogP contribution in [0.1, 0.15) is 34.6 Å². The highest BCUT2D eigenvalue weighted by molar-refractivity contribution is 5.87. The number of morpholine rings is 1. The summed E-state index contributed by atoms with van der Waals surface area (Å²) < 4.78 is 5.72. The molecule has 1 aliphatic heterocycles. The van der Waals surface area contributed by atoms with Crippen LogP contribution >= 0.6 is 0 Å². The first-order chi connectivity index (χ1) is 10.3. The highest BCUT2D eigenvalue weighted by Crippen LogP contribution is 2.08. The topological polar surface area (TPSA) is 70.7 Å². The van der Waals surface area contributed by atoms with Crippen molar-refractivity contribution in [3.05, 3.63) is 0 Å². The van der Waals surface area contributed by atoms with Crippen LogP contribution in [0.3, 0.4) is 0 Å². The lowest BCUT2D eigenvalue weighted by Crippen LogP contribution is -2.53. The average Bonchev–Trinajstić information content (AvgIpc) is 2.41. The normalized spacial score (nSPS) is 21.0. The molecule has 0 bridgehead atoms. The van der Waals surface area contributed by atoms with Gasteiger partial charge in [-0.1, -0.05) is 27.7 Å². The fraction of sp³-hybridized carbons (Fsp3) is 0.875. The van der Waals surface area contributed by atoms with Gasteiger partial charge >= 0.3 is 0 Å². The lowest BCUT2D eigenvalue weighted by molar-refractivity contribution is -0.129. The Labute approximate surface area is 134 Å². The summed E-state index contributed by atoms with van der Waals surface area (Å²) in [5.41, 5.74) is 0. The van der Waals surface area contributed by atoms with E-state index in [1.54, 1.807) is 0 Å². The lowest BCUT2D eigenvalue weighted by Gasteiger charge is -2.34. The summed E-state index contributed by atoms with van der Waals surface area (Å²) in [6.45, 7) is 13.7. The number of nitrogens with zero attached hydrogens (tertiary/aromatic N) is 1. The van der Waals surface area contributed by atoms with Crippen molar-refractivity contribution in [2.24, 2.45) is 11.8 Å². The first-order valence-corrected chi connectivity index (χ1v) is 8.18. The van der Waals surface area contributed by atoms with E-state index in [0.29, 0.717) is 19.1 Å². The van der Waals surface area contributed by atoms with Gasteiger partial charge in [0.25, 0.3) is 0 Å². The molecule has 0 aliphatic carbocycles. The number of hydrogen-bond donors (Lipinski definition) is 2. The Balaban J connectivity index is 2.43. The molecule has 6 heteroatoms. The van der Waals surface area contributed by atoms with Crippen LogP contribution in [0.15, 0.2) is 0 Å². The molecule has 2 N–H and O–H groups in total. The Morgan fingerprint density at radius 3 is 2.50 bits per heavy atom. The largest absolute Gasteiger partial charge is 0.374 e. The van der Waals surface area contributed by atoms with Gasteiger partial charge in [0.15, 0.2) is 0 Å². The van der Waals surface area contributed by atoms with Crippen LogP contribution in [0.5, 0.6) is 0 Å². The van der Waals surface area contributed by atoms with Crippen LogP contribution in [0.2, 0.25) is 0 Å². The lowest BCUT2D eigenvalue weighted by atomic mass is 10.0. The molecule has 0 unspecified atom stereocenters. The number of ether oxygens (including phenoxy) is 1. The van der Waals surface area contributed by atoms with Crippen LogP contribution in [0, 0.1) is 11.8 Å². The molecule has 22 heavy (non-hydrogen) atoms. The van der Waals surface area contributed by atoms with Gasteiger partial charge in [-0.25, -0.2) is 0 Å². The van der Waals surface area contributed by atoms with Crippen molar-refractivity contribution in [3.63, 3.8) is 0 Å². The predicted molar refractivity (Wildman–Crippen MR) is 86.5 cm³/mol. The molecule has 1 fully saturated rings. The van der Waals surface area contributed by atoms with Crippen LogP contribution in [-0.4, -0.2) is 61.6 Å². The van der Waals surface area contributed by atoms with Gasteiger partial charge in [-0.2, -0.15) is 0 Å². The summed E-state index contributed by atoms with van der Waals surface area (Å²) in [6, 6.07) is -0.493. The molecule has 0 aromatic rings. The van der Waals surface area contributed by atoms with Crippen LogP contribution < -0.4 is 10.6 Å². The van der Waals surface area contributed by atoms with Gasteiger partial charge in [0.1, 0.15) is 6.04 Å². The highest BCUT2D eigenvalue weighted by atomic mass is 16.5. The molecule has 1 aliphatic rings. The summed E-state index contributed by atoms with van der Waals surface area (Å²) in [4.78, 5) is 25.8. The van der Waals surface area contributed by atoms with E-state index in [1.165, 1.54) is 6.92 Å². The summed E-state index contributed by atoms with van der Waals surface area (Å²) >= 11 is 0. The first kappa shape index (κ1) is 18.9. The zero-order chi connectivity index (χ0) is 16.7. The van der Waals surface area contributed by atoms with Gasteiger partial charge in [0.2, 0.25) is 11.8 Å². The van der Waals surface area contributed by atoms with Gasteiger partial charge in [0.05, 0.1) is 12.7 Å². The van der Waals surface area contributed by atoms with E-state index in [4.69, 9.17) is 4.74 Å². The zero-order valence-electron chi connectivity index (χ0n) is 14.5. The molecular formula is C16H31N3O3. The monoisotopic (exact) mass is 313 g/mol. The van der Waals surface area contributed by atoms with E-state index in [2.05, 4.69) is 29.4 Å². The van der Waals surface area contributed by atoms with E-state index in [9.17, 15) is 9.59 Å². The van der Waals surface area contributed by atoms with E-state index < -0.39 is 6.04 Å². The Hall–Kier alpha value is -1.14. The van der Waals surface area contributed by atoms with E-state index >= 15 is 0 Å². The fourth-order valence-corrected chi connectivity index (χ4v) is 2.66. The number of hydrogen-bond acceptors (Lipinski definition) is 4. The minimum Gasteiger partial charge on any atom is -0.374 e. The summed E-state index contributed by atoms with van der Waals surface area (Å²) in [7, 11) is 0. The maximum atomic E-state index is 12.2. The number of rotatable bonds is 7. The fourth-order valence-electron chi connectivity index (χ4n) is 2.66. The van der Waals surface area contributed by atoms with Crippen molar-refractivity contribution in [3.8, 4) is 0 Å².